The number of benzene rings is 3. The topological polar surface area (TPSA) is 88.6 Å². The van der Waals surface area contributed by atoms with Crippen molar-refractivity contribution in [1.82, 2.24) is 14.5 Å². The molecule has 0 atom stereocenters. The van der Waals surface area contributed by atoms with E-state index in [9.17, 15) is 4.79 Å². The second-order valence-corrected chi connectivity index (χ2v) is 9.04. The molecule has 0 amide bonds. The van der Waals surface area contributed by atoms with Gasteiger partial charge in [0.05, 0.1) is 49.2 Å². The number of ether oxygens (including phenoxy) is 3. The maximum absolute atomic E-state index is 13.5. The van der Waals surface area contributed by atoms with Crippen LogP contribution in [0.2, 0.25) is 0 Å². The molecule has 5 rings (SSSR count). The van der Waals surface area contributed by atoms with Crippen molar-refractivity contribution in [2.24, 2.45) is 0 Å². The number of hydrogen-bond acceptors (Lipinski definition) is 8. The lowest BCUT2D eigenvalue weighted by molar-refractivity contribution is 0.355. The van der Waals surface area contributed by atoms with Crippen LogP contribution in [0.15, 0.2) is 81.1 Å². The second kappa shape index (κ2) is 10.4. The Morgan fingerprint density at radius 3 is 2.41 bits per heavy atom. The number of para-hydroxylation sites is 2. The highest BCUT2D eigenvalue weighted by molar-refractivity contribution is 7.98. The molecule has 37 heavy (non-hydrogen) atoms. The minimum Gasteiger partial charge on any atom is -0.497 e. The van der Waals surface area contributed by atoms with Crippen LogP contribution in [-0.4, -0.2) is 35.9 Å². The highest BCUT2D eigenvalue weighted by atomic mass is 32.2. The summed E-state index contributed by atoms with van der Waals surface area (Å²) < 4.78 is 23.9. The molecule has 0 saturated carbocycles. The number of fused-ring (bicyclic) bond motifs is 1. The molecule has 0 saturated heterocycles. The fourth-order valence-corrected chi connectivity index (χ4v) is 5.05. The third-order valence-electron chi connectivity index (χ3n) is 5.94. The Morgan fingerprint density at radius 2 is 1.68 bits per heavy atom. The summed E-state index contributed by atoms with van der Waals surface area (Å²) in [5.74, 6) is 3.40. The Morgan fingerprint density at radius 1 is 0.892 bits per heavy atom. The van der Waals surface area contributed by atoms with Crippen LogP contribution in [0.3, 0.4) is 0 Å². The first-order valence-corrected chi connectivity index (χ1v) is 12.5. The zero-order valence-electron chi connectivity index (χ0n) is 20.8. The van der Waals surface area contributed by atoms with E-state index in [1.807, 2.05) is 67.6 Å². The minimum absolute atomic E-state index is 0.142. The first kappa shape index (κ1) is 24.5. The molecule has 0 bridgehead atoms. The van der Waals surface area contributed by atoms with Crippen LogP contribution in [0.5, 0.6) is 17.2 Å². The standard InChI is InChI=1S/C28H25N3O5S/c1-17-23(29-26(36-17)21-9-7-11-24(34-3)25(21)35-4)16-37-28-30-22-10-6-5-8-20(22)27(32)31(28)18-12-14-19(33-2)15-13-18/h5-15H,16H2,1-4H3. The Balaban J connectivity index is 1.53. The molecule has 9 heteroatoms. The molecule has 0 fully saturated rings. The van der Waals surface area contributed by atoms with Gasteiger partial charge in [-0.1, -0.05) is 30.0 Å². The van der Waals surface area contributed by atoms with Crippen molar-refractivity contribution in [3.63, 3.8) is 0 Å². The van der Waals surface area contributed by atoms with Crippen molar-refractivity contribution in [3.8, 4) is 34.4 Å². The van der Waals surface area contributed by atoms with E-state index < -0.39 is 0 Å². The maximum Gasteiger partial charge on any atom is 0.266 e. The summed E-state index contributed by atoms with van der Waals surface area (Å²) in [5.41, 5.74) is 2.63. The molecule has 0 aliphatic heterocycles. The van der Waals surface area contributed by atoms with Crippen molar-refractivity contribution in [2.45, 2.75) is 17.8 Å². The molecule has 2 aromatic heterocycles. The van der Waals surface area contributed by atoms with E-state index in [4.69, 9.17) is 28.6 Å². The van der Waals surface area contributed by atoms with Gasteiger partial charge in [-0.2, -0.15) is 0 Å². The smallest absolute Gasteiger partial charge is 0.266 e. The van der Waals surface area contributed by atoms with Gasteiger partial charge < -0.3 is 18.6 Å². The van der Waals surface area contributed by atoms with E-state index in [-0.39, 0.29) is 5.56 Å². The molecule has 5 aromatic rings. The SMILES string of the molecule is COc1ccc(-n2c(SCc3nc(-c4cccc(OC)c4OC)oc3C)nc3ccccc3c2=O)cc1. The number of hydrogen-bond donors (Lipinski definition) is 0. The van der Waals surface area contributed by atoms with Crippen molar-refractivity contribution >= 4 is 22.7 Å². The number of thioether (sulfide) groups is 1. The van der Waals surface area contributed by atoms with Crippen molar-refractivity contribution < 1.29 is 18.6 Å². The normalized spacial score (nSPS) is 11.0. The Hall–Kier alpha value is -4.24. The molecule has 0 radical (unpaired) electrons. The summed E-state index contributed by atoms with van der Waals surface area (Å²) >= 11 is 1.42. The highest BCUT2D eigenvalue weighted by Crippen LogP contribution is 2.38. The van der Waals surface area contributed by atoms with Gasteiger partial charge in [-0.15, -0.1) is 0 Å². The van der Waals surface area contributed by atoms with E-state index >= 15 is 0 Å². The predicted molar refractivity (Wildman–Crippen MR) is 143 cm³/mol. The van der Waals surface area contributed by atoms with Crippen LogP contribution in [0, 0.1) is 6.92 Å². The van der Waals surface area contributed by atoms with E-state index in [1.54, 1.807) is 32.0 Å². The first-order chi connectivity index (χ1) is 18.0. The zero-order valence-corrected chi connectivity index (χ0v) is 21.7. The van der Waals surface area contributed by atoms with Crippen molar-refractivity contribution in [1.29, 1.82) is 0 Å². The molecule has 0 N–H and O–H groups in total. The number of nitrogens with zero attached hydrogens (tertiary/aromatic N) is 3. The quantitative estimate of drug-likeness (QED) is 0.193. The largest absolute Gasteiger partial charge is 0.497 e. The lowest BCUT2D eigenvalue weighted by Gasteiger charge is -2.13. The molecular formula is C28H25N3O5S. The summed E-state index contributed by atoms with van der Waals surface area (Å²) in [6.45, 7) is 1.86. The fraction of sp³-hybridized carbons (Fsp3) is 0.179. The van der Waals surface area contributed by atoms with Gasteiger partial charge in [0.25, 0.3) is 5.56 Å². The average Bonchev–Trinajstić information content (AvgIpc) is 3.31. The van der Waals surface area contributed by atoms with Gasteiger partial charge in [0.15, 0.2) is 16.7 Å². The number of rotatable bonds is 8. The molecule has 0 spiro atoms. The van der Waals surface area contributed by atoms with Gasteiger partial charge in [-0.3, -0.25) is 9.36 Å². The molecule has 0 unspecified atom stereocenters. The number of aryl methyl sites for hydroxylation is 1. The van der Waals surface area contributed by atoms with Crippen LogP contribution >= 0.6 is 11.8 Å². The Kier molecular flexibility index (Phi) is 6.87. The molecule has 8 nitrogen and oxygen atoms in total. The maximum atomic E-state index is 13.5. The van der Waals surface area contributed by atoms with Crippen LogP contribution in [0.25, 0.3) is 28.0 Å². The number of aromatic nitrogens is 3. The summed E-state index contributed by atoms with van der Waals surface area (Å²) in [5, 5.41) is 1.10. The summed E-state index contributed by atoms with van der Waals surface area (Å²) in [6.07, 6.45) is 0. The second-order valence-electron chi connectivity index (χ2n) is 8.10. The highest BCUT2D eigenvalue weighted by Gasteiger charge is 2.20. The first-order valence-electron chi connectivity index (χ1n) is 11.5. The molecule has 3 aromatic carbocycles. The lowest BCUT2D eigenvalue weighted by Crippen LogP contribution is -2.21. The molecule has 2 heterocycles. The third kappa shape index (κ3) is 4.65. The van der Waals surface area contributed by atoms with Crippen LogP contribution in [-0.2, 0) is 5.75 Å². The summed E-state index contributed by atoms with van der Waals surface area (Å²) in [4.78, 5) is 23.1. The minimum atomic E-state index is -0.142. The zero-order chi connectivity index (χ0) is 25.9. The number of methoxy groups -OCH3 is 3. The van der Waals surface area contributed by atoms with E-state index in [1.165, 1.54) is 11.8 Å². The van der Waals surface area contributed by atoms with Crippen LogP contribution < -0.4 is 19.8 Å². The monoisotopic (exact) mass is 515 g/mol. The average molecular weight is 516 g/mol. The third-order valence-corrected chi connectivity index (χ3v) is 6.89. The molecular weight excluding hydrogens is 490 g/mol. The molecule has 188 valence electrons. The number of oxazole rings is 1. The molecule has 0 aliphatic rings. The van der Waals surface area contributed by atoms with Crippen LogP contribution in [0.1, 0.15) is 11.5 Å². The fourth-order valence-electron chi connectivity index (χ4n) is 4.03. The van der Waals surface area contributed by atoms with Crippen molar-refractivity contribution in [3.05, 3.63) is 88.5 Å². The Bertz CT molecular complexity index is 1630. The van der Waals surface area contributed by atoms with Gasteiger partial charge in [0.2, 0.25) is 5.89 Å². The van der Waals surface area contributed by atoms with E-state index in [0.29, 0.717) is 62.0 Å². The Labute approximate surface area is 217 Å². The molecule has 0 aliphatic carbocycles. The predicted octanol–water partition coefficient (Wildman–Crippen LogP) is 5.67. The van der Waals surface area contributed by atoms with E-state index in [0.717, 1.165) is 5.69 Å². The van der Waals surface area contributed by atoms with Gasteiger partial charge in [-0.25, -0.2) is 9.97 Å². The lowest BCUT2D eigenvalue weighted by atomic mass is 10.2. The van der Waals surface area contributed by atoms with Crippen LogP contribution in [0.4, 0.5) is 0 Å². The van der Waals surface area contributed by atoms with Crippen molar-refractivity contribution in [2.75, 3.05) is 21.3 Å². The van der Waals surface area contributed by atoms with Gasteiger partial charge >= 0.3 is 0 Å². The summed E-state index contributed by atoms with van der Waals surface area (Å²) in [6, 6.07) is 20.2. The van der Waals surface area contributed by atoms with E-state index in [2.05, 4.69) is 0 Å². The van der Waals surface area contributed by atoms with Gasteiger partial charge in [-0.05, 0) is 55.5 Å². The van der Waals surface area contributed by atoms with Gasteiger partial charge in [0.1, 0.15) is 11.5 Å². The van der Waals surface area contributed by atoms with Gasteiger partial charge in [0, 0.05) is 5.75 Å². The summed E-state index contributed by atoms with van der Waals surface area (Å²) in [7, 11) is 4.77.